The van der Waals surface area contributed by atoms with Crippen molar-refractivity contribution in [3.63, 3.8) is 0 Å². The maximum Gasteiger partial charge on any atom is 0.169 e. The van der Waals surface area contributed by atoms with Gasteiger partial charge >= 0.3 is 0 Å². The summed E-state index contributed by atoms with van der Waals surface area (Å²) in [5.74, 6) is -2.01. The first-order valence-electron chi connectivity index (χ1n) is 6.10. The number of rotatable bonds is 4. The first kappa shape index (κ1) is 13.1. The van der Waals surface area contributed by atoms with Crippen LogP contribution >= 0.6 is 0 Å². The summed E-state index contributed by atoms with van der Waals surface area (Å²) >= 11 is 0. The van der Waals surface area contributed by atoms with Crippen molar-refractivity contribution in [1.29, 1.82) is 0 Å². The molecule has 0 radical (unpaired) electrons. The van der Waals surface area contributed by atoms with E-state index in [1.807, 2.05) is 0 Å². The van der Waals surface area contributed by atoms with Crippen molar-refractivity contribution in [3.05, 3.63) is 35.4 Å². The second kappa shape index (κ2) is 5.14. The summed E-state index contributed by atoms with van der Waals surface area (Å²) in [6.45, 7) is 0. The van der Waals surface area contributed by atoms with Crippen LogP contribution in [0.5, 0.6) is 0 Å². The molecule has 1 fully saturated rings. The third kappa shape index (κ3) is 2.29. The van der Waals surface area contributed by atoms with Crippen molar-refractivity contribution in [2.24, 2.45) is 0 Å². The number of methoxy groups -OCH3 is 1. The third-order valence-corrected chi connectivity index (χ3v) is 3.69. The zero-order chi connectivity index (χ0) is 13.2. The first-order chi connectivity index (χ1) is 8.59. The van der Waals surface area contributed by atoms with Crippen molar-refractivity contribution in [2.75, 3.05) is 7.11 Å². The molecule has 0 N–H and O–H groups in total. The zero-order valence-corrected chi connectivity index (χ0v) is 10.3. The lowest BCUT2D eigenvalue weighted by molar-refractivity contribution is -0.139. The zero-order valence-electron chi connectivity index (χ0n) is 10.3. The van der Waals surface area contributed by atoms with E-state index < -0.39 is 17.2 Å². The Morgan fingerprint density at radius 1 is 1.33 bits per heavy atom. The topological polar surface area (TPSA) is 26.3 Å². The van der Waals surface area contributed by atoms with Crippen LogP contribution < -0.4 is 0 Å². The monoisotopic (exact) mass is 254 g/mol. The highest BCUT2D eigenvalue weighted by atomic mass is 19.2. The maximum atomic E-state index is 13.5. The van der Waals surface area contributed by atoms with Gasteiger partial charge in [-0.2, -0.15) is 0 Å². The molecule has 2 rings (SSSR count). The molecule has 98 valence electrons. The molecule has 1 saturated carbocycles. The van der Waals surface area contributed by atoms with Crippen molar-refractivity contribution < 1.29 is 18.3 Å². The van der Waals surface area contributed by atoms with E-state index in [9.17, 15) is 13.6 Å². The SMILES string of the molecule is COC1(C(=O)Cc2cccc(F)c2F)CCCC1. The molecule has 2 nitrogen and oxygen atoms in total. The van der Waals surface area contributed by atoms with Crippen LogP contribution in [0.1, 0.15) is 31.2 Å². The molecule has 1 aliphatic carbocycles. The fourth-order valence-electron chi connectivity index (χ4n) is 2.56. The lowest BCUT2D eigenvalue weighted by Crippen LogP contribution is -2.39. The predicted molar refractivity (Wildman–Crippen MR) is 63.3 cm³/mol. The minimum atomic E-state index is -0.935. The number of carbonyl (C=O) groups excluding carboxylic acids is 1. The highest BCUT2D eigenvalue weighted by molar-refractivity contribution is 5.89. The van der Waals surface area contributed by atoms with Gasteiger partial charge in [-0.3, -0.25) is 4.79 Å². The molecule has 0 aliphatic heterocycles. The second-order valence-electron chi connectivity index (χ2n) is 4.72. The van der Waals surface area contributed by atoms with Crippen LogP contribution in [-0.2, 0) is 16.0 Å². The summed E-state index contributed by atoms with van der Waals surface area (Å²) in [5.41, 5.74) is -0.693. The summed E-state index contributed by atoms with van der Waals surface area (Å²) in [4.78, 5) is 12.2. The van der Waals surface area contributed by atoms with Gasteiger partial charge in [0.1, 0.15) is 5.60 Å². The molecule has 0 saturated heterocycles. The van der Waals surface area contributed by atoms with E-state index in [2.05, 4.69) is 0 Å². The van der Waals surface area contributed by atoms with Crippen LogP contribution in [0.3, 0.4) is 0 Å². The smallest absolute Gasteiger partial charge is 0.169 e. The Bertz CT molecular complexity index is 451. The average Bonchev–Trinajstić information content (AvgIpc) is 2.85. The predicted octanol–water partition coefficient (Wildman–Crippen LogP) is 3.04. The average molecular weight is 254 g/mol. The van der Waals surface area contributed by atoms with Gasteiger partial charge in [0.15, 0.2) is 17.4 Å². The Morgan fingerprint density at radius 3 is 2.61 bits per heavy atom. The summed E-state index contributed by atoms with van der Waals surface area (Å²) < 4.78 is 31.9. The molecule has 0 aromatic heterocycles. The molecule has 4 heteroatoms. The van der Waals surface area contributed by atoms with Crippen LogP contribution in [-0.4, -0.2) is 18.5 Å². The first-order valence-corrected chi connectivity index (χ1v) is 6.10. The molecular weight excluding hydrogens is 238 g/mol. The lowest BCUT2D eigenvalue weighted by atomic mass is 9.91. The van der Waals surface area contributed by atoms with Crippen molar-refractivity contribution in [3.8, 4) is 0 Å². The fourth-order valence-corrected chi connectivity index (χ4v) is 2.56. The van der Waals surface area contributed by atoms with E-state index in [4.69, 9.17) is 4.74 Å². The van der Waals surface area contributed by atoms with Gasteiger partial charge in [0.25, 0.3) is 0 Å². The molecule has 0 unspecified atom stereocenters. The number of carbonyl (C=O) groups is 1. The van der Waals surface area contributed by atoms with E-state index in [1.54, 1.807) is 0 Å². The molecular formula is C14H16F2O2. The second-order valence-corrected chi connectivity index (χ2v) is 4.72. The number of ether oxygens (including phenoxy) is 1. The highest BCUT2D eigenvalue weighted by Crippen LogP contribution is 2.34. The third-order valence-electron chi connectivity index (χ3n) is 3.69. The van der Waals surface area contributed by atoms with Gasteiger partial charge in [0.05, 0.1) is 0 Å². The van der Waals surface area contributed by atoms with Crippen LogP contribution in [0.15, 0.2) is 18.2 Å². The number of halogens is 2. The quantitative estimate of drug-likeness (QED) is 0.825. The number of hydrogen-bond donors (Lipinski definition) is 0. The van der Waals surface area contributed by atoms with Crippen molar-refractivity contribution in [1.82, 2.24) is 0 Å². The standard InChI is InChI=1S/C14H16F2O2/c1-18-14(7-2-3-8-14)12(17)9-10-5-4-6-11(15)13(10)16/h4-6H,2-3,7-9H2,1H3. The van der Waals surface area contributed by atoms with E-state index >= 15 is 0 Å². The molecule has 0 bridgehead atoms. The minimum Gasteiger partial charge on any atom is -0.370 e. The molecule has 0 heterocycles. The molecule has 1 aliphatic rings. The van der Waals surface area contributed by atoms with Gasteiger partial charge in [0.2, 0.25) is 0 Å². The molecule has 0 spiro atoms. The summed E-state index contributed by atoms with van der Waals surface area (Å²) in [6.07, 6.45) is 3.09. The van der Waals surface area contributed by atoms with E-state index in [0.29, 0.717) is 12.8 Å². The number of benzene rings is 1. The highest BCUT2D eigenvalue weighted by Gasteiger charge is 2.40. The molecule has 1 aromatic rings. The number of ketones is 1. The molecule has 18 heavy (non-hydrogen) atoms. The van der Waals surface area contributed by atoms with E-state index in [1.165, 1.54) is 19.2 Å². The largest absolute Gasteiger partial charge is 0.370 e. The Kier molecular flexibility index (Phi) is 3.76. The summed E-state index contributed by atoms with van der Waals surface area (Å²) in [7, 11) is 1.51. The van der Waals surface area contributed by atoms with Gasteiger partial charge in [-0.05, 0) is 37.3 Å². The van der Waals surface area contributed by atoms with Crippen molar-refractivity contribution >= 4 is 5.78 Å². The van der Waals surface area contributed by atoms with Gasteiger partial charge in [-0.25, -0.2) is 8.78 Å². The summed E-state index contributed by atoms with van der Waals surface area (Å²) in [5, 5.41) is 0. The number of Topliss-reactive ketones (excluding diaryl/α,β-unsaturated/α-hetero) is 1. The van der Waals surface area contributed by atoms with Crippen LogP contribution in [0.2, 0.25) is 0 Å². The van der Waals surface area contributed by atoms with Gasteiger partial charge in [-0.1, -0.05) is 12.1 Å². The molecule has 0 atom stereocenters. The van der Waals surface area contributed by atoms with Crippen LogP contribution in [0, 0.1) is 11.6 Å². The molecule has 1 aromatic carbocycles. The van der Waals surface area contributed by atoms with E-state index in [-0.39, 0.29) is 17.8 Å². The van der Waals surface area contributed by atoms with Crippen molar-refractivity contribution in [2.45, 2.75) is 37.7 Å². The molecule has 0 amide bonds. The summed E-state index contributed by atoms with van der Waals surface area (Å²) in [6, 6.07) is 3.90. The van der Waals surface area contributed by atoms with Gasteiger partial charge < -0.3 is 4.74 Å². The van der Waals surface area contributed by atoms with Crippen LogP contribution in [0.25, 0.3) is 0 Å². The Hall–Kier alpha value is -1.29. The normalized spacial score (nSPS) is 17.9. The van der Waals surface area contributed by atoms with Gasteiger partial charge in [-0.15, -0.1) is 0 Å². The minimum absolute atomic E-state index is 0.100. The Labute approximate surface area is 105 Å². The lowest BCUT2D eigenvalue weighted by Gasteiger charge is -2.25. The Morgan fingerprint density at radius 2 is 2.00 bits per heavy atom. The number of hydrogen-bond acceptors (Lipinski definition) is 2. The maximum absolute atomic E-state index is 13.5. The van der Waals surface area contributed by atoms with E-state index in [0.717, 1.165) is 18.9 Å². The van der Waals surface area contributed by atoms with Gasteiger partial charge in [0, 0.05) is 13.5 Å². The van der Waals surface area contributed by atoms with Crippen LogP contribution in [0.4, 0.5) is 8.78 Å². The fraction of sp³-hybridized carbons (Fsp3) is 0.500. The Balaban J connectivity index is 2.18.